The van der Waals surface area contributed by atoms with Crippen molar-refractivity contribution < 1.29 is 0 Å². The van der Waals surface area contributed by atoms with E-state index in [1.807, 2.05) is 13.8 Å². The molecular formula is C17H26N4. The van der Waals surface area contributed by atoms with Crippen LogP contribution < -0.4 is 10.6 Å². The molecule has 1 aromatic rings. The highest BCUT2D eigenvalue weighted by molar-refractivity contribution is 6.01. The zero-order valence-corrected chi connectivity index (χ0v) is 13.3. The molecule has 2 fully saturated rings. The summed E-state index contributed by atoms with van der Waals surface area (Å²) in [4.78, 5) is 6.76. The molecule has 2 bridgehead atoms. The predicted octanol–water partition coefficient (Wildman–Crippen LogP) is 2.85. The van der Waals surface area contributed by atoms with Crippen LogP contribution in [0.25, 0.3) is 0 Å². The summed E-state index contributed by atoms with van der Waals surface area (Å²) in [7, 11) is 2.13. The Morgan fingerprint density at radius 3 is 2.71 bits per heavy atom. The highest BCUT2D eigenvalue weighted by Gasteiger charge is 2.39. The topological polar surface area (TPSA) is 66.0 Å². The van der Waals surface area contributed by atoms with Crippen LogP contribution in [0, 0.1) is 37.0 Å². The fourth-order valence-corrected chi connectivity index (χ4v) is 4.49. The van der Waals surface area contributed by atoms with Crippen LogP contribution in [-0.4, -0.2) is 24.4 Å². The maximum absolute atomic E-state index is 7.86. The lowest BCUT2D eigenvalue weighted by Crippen LogP contribution is -2.31. The van der Waals surface area contributed by atoms with Gasteiger partial charge in [0.2, 0.25) is 0 Å². The quantitative estimate of drug-likeness (QED) is 0.660. The average Bonchev–Trinajstić information content (AvgIpc) is 2.99. The number of aryl methyl sites for hydroxylation is 2. The first kappa shape index (κ1) is 14.4. The van der Waals surface area contributed by atoms with Crippen molar-refractivity contribution in [2.75, 3.05) is 18.5 Å². The van der Waals surface area contributed by atoms with Crippen LogP contribution in [0.3, 0.4) is 0 Å². The summed E-state index contributed by atoms with van der Waals surface area (Å²) < 4.78 is 0. The molecule has 2 aliphatic carbocycles. The molecule has 0 amide bonds. The van der Waals surface area contributed by atoms with E-state index >= 15 is 0 Å². The molecule has 21 heavy (non-hydrogen) atoms. The number of anilines is 1. The lowest BCUT2D eigenvalue weighted by molar-refractivity contribution is 0.337. The summed E-state index contributed by atoms with van der Waals surface area (Å²) in [6.45, 7) is 5.02. The molecule has 0 spiro atoms. The number of hydrogen-bond donors (Lipinski definition) is 2. The highest BCUT2D eigenvalue weighted by atomic mass is 15.1. The number of nitrogens with two attached hydrogens (primary N) is 1. The van der Waals surface area contributed by atoms with E-state index in [1.165, 1.54) is 25.7 Å². The number of fused-ring (bicyclic) bond motifs is 2. The fourth-order valence-electron chi connectivity index (χ4n) is 4.49. The Hall–Kier alpha value is -1.58. The first-order valence-electron chi connectivity index (χ1n) is 7.99. The van der Waals surface area contributed by atoms with Crippen LogP contribution >= 0.6 is 0 Å². The number of amidine groups is 1. The second-order valence-corrected chi connectivity index (χ2v) is 6.97. The molecule has 2 aliphatic rings. The molecule has 1 aromatic heterocycles. The number of pyridine rings is 1. The minimum Gasteiger partial charge on any atom is -0.384 e. The summed E-state index contributed by atoms with van der Waals surface area (Å²) in [5.74, 6) is 2.82. The van der Waals surface area contributed by atoms with Gasteiger partial charge in [-0.25, -0.2) is 0 Å². The Labute approximate surface area is 127 Å². The molecule has 0 saturated heterocycles. The third-order valence-electron chi connectivity index (χ3n) is 5.38. The summed E-state index contributed by atoms with van der Waals surface area (Å²) >= 11 is 0. The van der Waals surface area contributed by atoms with Gasteiger partial charge >= 0.3 is 0 Å². The number of nitrogens with zero attached hydrogens (tertiary/aromatic N) is 2. The van der Waals surface area contributed by atoms with E-state index in [4.69, 9.17) is 11.1 Å². The first-order chi connectivity index (χ1) is 9.95. The van der Waals surface area contributed by atoms with E-state index in [0.29, 0.717) is 0 Å². The van der Waals surface area contributed by atoms with Gasteiger partial charge in [0, 0.05) is 19.3 Å². The number of rotatable bonds is 4. The van der Waals surface area contributed by atoms with Gasteiger partial charge in [0.25, 0.3) is 0 Å². The molecule has 3 atom stereocenters. The van der Waals surface area contributed by atoms with Crippen molar-refractivity contribution in [2.24, 2.45) is 23.5 Å². The number of aromatic nitrogens is 1. The summed E-state index contributed by atoms with van der Waals surface area (Å²) in [5.41, 5.74) is 9.50. The fraction of sp³-hybridized carbons (Fsp3) is 0.647. The minimum absolute atomic E-state index is 0.120. The molecule has 2 saturated carbocycles. The van der Waals surface area contributed by atoms with E-state index in [9.17, 15) is 0 Å². The van der Waals surface area contributed by atoms with Crippen LogP contribution in [0.2, 0.25) is 0 Å². The Morgan fingerprint density at radius 1 is 1.38 bits per heavy atom. The van der Waals surface area contributed by atoms with E-state index < -0.39 is 0 Å². The molecule has 0 radical (unpaired) electrons. The molecule has 4 nitrogen and oxygen atoms in total. The lowest BCUT2D eigenvalue weighted by atomic mass is 9.88. The Bertz CT molecular complexity index is 566. The second-order valence-electron chi connectivity index (χ2n) is 6.97. The van der Waals surface area contributed by atoms with Gasteiger partial charge in [-0.3, -0.25) is 10.4 Å². The van der Waals surface area contributed by atoms with Gasteiger partial charge < -0.3 is 10.6 Å². The molecule has 4 heteroatoms. The van der Waals surface area contributed by atoms with E-state index in [0.717, 1.165) is 46.9 Å². The Kier molecular flexibility index (Phi) is 3.64. The second kappa shape index (κ2) is 5.32. The molecule has 114 valence electrons. The number of nitrogens with one attached hydrogen (secondary N) is 1. The lowest BCUT2D eigenvalue weighted by Gasteiger charge is -2.30. The third-order valence-corrected chi connectivity index (χ3v) is 5.38. The van der Waals surface area contributed by atoms with Crippen molar-refractivity contribution in [3.05, 3.63) is 23.0 Å². The van der Waals surface area contributed by atoms with Gasteiger partial charge in [-0.05, 0) is 56.9 Å². The Morgan fingerprint density at radius 2 is 2.14 bits per heavy atom. The summed E-state index contributed by atoms with van der Waals surface area (Å²) in [6.07, 6.45) is 5.67. The summed E-state index contributed by atoms with van der Waals surface area (Å²) in [5, 5.41) is 7.86. The standard InChI is InChI=1S/C17H26N4/c1-10-6-15(16(17(18)19)11(2)20-10)21(3)9-14-8-12-4-5-13(14)7-12/h6,12-14H,4-5,7-9H2,1-3H3,(H3,18,19). The molecular weight excluding hydrogens is 260 g/mol. The number of hydrogen-bond acceptors (Lipinski definition) is 3. The van der Waals surface area contributed by atoms with Gasteiger partial charge in [-0.1, -0.05) is 6.42 Å². The smallest absolute Gasteiger partial charge is 0.126 e. The summed E-state index contributed by atoms with van der Waals surface area (Å²) in [6, 6.07) is 2.07. The molecule has 3 N–H and O–H groups in total. The first-order valence-corrected chi connectivity index (χ1v) is 7.99. The highest BCUT2D eigenvalue weighted by Crippen LogP contribution is 2.48. The SMILES string of the molecule is Cc1cc(N(C)CC2CC3CCC2C3)c(C(=N)N)c(C)n1. The van der Waals surface area contributed by atoms with Crippen LogP contribution in [0.15, 0.2) is 6.07 Å². The van der Waals surface area contributed by atoms with E-state index in [2.05, 4.69) is 23.0 Å². The monoisotopic (exact) mass is 286 g/mol. The largest absolute Gasteiger partial charge is 0.384 e. The van der Waals surface area contributed by atoms with Crippen molar-refractivity contribution in [3.63, 3.8) is 0 Å². The minimum atomic E-state index is 0.120. The number of nitrogen functional groups attached to an aromatic ring is 1. The molecule has 1 heterocycles. The van der Waals surface area contributed by atoms with Crippen molar-refractivity contribution >= 4 is 11.5 Å². The van der Waals surface area contributed by atoms with Crippen molar-refractivity contribution in [1.29, 1.82) is 5.41 Å². The van der Waals surface area contributed by atoms with Gasteiger partial charge in [0.15, 0.2) is 0 Å². The normalized spacial score (nSPS) is 27.1. The van der Waals surface area contributed by atoms with Crippen LogP contribution in [0.5, 0.6) is 0 Å². The molecule has 3 unspecified atom stereocenters. The van der Waals surface area contributed by atoms with Crippen LogP contribution in [0.1, 0.15) is 42.6 Å². The van der Waals surface area contributed by atoms with Gasteiger partial charge in [-0.15, -0.1) is 0 Å². The zero-order chi connectivity index (χ0) is 15.1. The van der Waals surface area contributed by atoms with Crippen LogP contribution in [-0.2, 0) is 0 Å². The van der Waals surface area contributed by atoms with Crippen molar-refractivity contribution in [2.45, 2.75) is 39.5 Å². The van der Waals surface area contributed by atoms with E-state index in [-0.39, 0.29) is 5.84 Å². The van der Waals surface area contributed by atoms with Crippen LogP contribution in [0.4, 0.5) is 5.69 Å². The van der Waals surface area contributed by atoms with Gasteiger partial charge in [0.1, 0.15) is 5.84 Å². The maximum atomic E-state index is 7.86. The average molecular weight is 286 g/mol. The van der Waals surface area contributed by atoms with Crippen molar-refractivity contribution in [3.8, 4) is 0 Å². The maximum Gasteiger partial charge on any atom is 0.126 e. The molecule has 3 rings (SSSR count). The van der Waals surface area contributed by atoms with Gasteiger partial charge in [-0.2, -0.15) is 0 Å². The van der Waals surface area contributed by atoms with Gasteiger partial charge in [0.05, 0.1) is 16.9 Å². The molecule has 0 aromatic carbocycles. The Balaban J connectivity index is 1.84. The van der Waals surface area contributed by atoms with Crippen molar-refractivity contribution in [1.82, 2.24) is 4.98 Å². The van der Waals surface area contributed by atoms with E-state index in [1.54, 1.807) is 0 Å². The zero-order valence-electron chi connectivity index (χ0n) is 13.3. The molecule has 0 aliphatic heterocycles. The predicted molar refractivity (Wildman–Crippen MR) is 86.9 cm³/mol. The third kappa shape index (κ3) is 2.63.